The standard InChI is InChI=1S/C26H28ClN5O9P2/c1-26(16-8-4-2-6-14(16)15-7-3-5-9-17(15)26)11-28-22-19-23(31-25(27)30-22)32(12-29-19)24-21(34)20(33)18(41-24)10-40-43(38,39)13-42(35,36)37/h2-9,12,18,20-21,24,33-34H,10-11,13H2,1H3,(H,38,39)(H,28,30,31)(H2,35,36,37)/t18-,20?,21+,24-/m1/s1. The number of rotatable bonds is 9. The van der Waals surface area contributed by atoms with Crippen molar-refractivity contribution in [2.45, 2.75) is 36.9 Å². The van der Waals surface area contributed by atoms with Crippen molar-refractivity contribution >= 4 is 43.8 Å². The second kappa shape index (κ2) is 11.0. The van der Waals surface area contributed by atoms with Crippen LogP contribution in [0, 0.1) is 0 Å². The van der Waals surface area contributed by atoms with Crippen LogP contribution in [0.2, 0.25) is 5.28 Å². The summed E-state index contributed by atoms with van der Waals surface area (Å²) in [6.45, 7) is 1.85. The molecule has 6 N–H and O–H groups in total. The molecule has 2 aliphatic rings. The van der Waals surface area contributed by atoms with Gasteiger partial charge < -0.3 is 39.5 Å². The van der Waals surface area contributed by atoms with Gasteiger partial charge in [-0.15, -0.1) is 0 Å². The van der Waals surface area contributed by atoms with Crippen LogP contribution in [0.15, 0.2) is 54.9 Å². The summed E-state index contributed by atoms with van der Waals surface area (Å²) in [5, 5.41) is 24.6. The molecule has 2 aromatic heterocycles. The van der Waals surface area contributed by atoms with Gasteiger partial charge in [-0.1, -0.05) is 48.5 Å². The van der Waals surface area contributed by atoms with Gasteiger partial charge in [0.25, 0.3) is 0 Å². The zero-order chi connectivity index (χ0) is 30.7. The average molecular weight is 652 g/mol. The maximum Gasteiger partial charge on any atom is 0.340 e. The van der Waals surface area contributed by atoms with Crippen molar-refractivity contribution in [2.75, 3.05) is 24.4 Å². The van der Waals surface area contributed by atoms with E-state index in [0.29, 0.717) is 17.9 Å². The molecule has 3 heterocycles. The van der Waals surface area contributed by atoms with E-state index in [1.165, 1.54) is 10.9 Å². The van der Waals surface area contributed by atoms with Gasteiger partial charge in [-0.2, -0.15) is 9.97 Å². The molecule has 5 atom stereocenters. The zero-order valence-electron chi connectivity index (χ0n) is 22.6. The first-order chi connectivity index (χ1) is 20.3. The van der Waals surface area contributed by atoms with E-state index < -0.39 is 57.7 Å². The SMILES string of the molecule is CC1(CNc2nc(Cl)nc3c2ncn3[C@@H]2O[C@H](COP(=O)(O)CP(=O)(O)O)C(O)[C@@H]2O)c2ccccc2-c2ccccc21. The smallest absolute Gasteiger partial charge is 0.340 e. The molecule has 14 nitrogen and oxygen atoms in total. The number of halogens is 1. The highest BCUT2D eigenvalue weighted by molar-refractivity contribution is 7.70. The molecular weight excluding hydrogens is 624 g/mol. The van der Waals surface area contributed by atoms with Crippen LogP contribution in [0.5, 0.6) is 0 Å². The number of nitrogens with one attached hydrogen (secondary N) is 1. The zero-order valence-corrected chi connectivity index (χ0v) is 25.1. The number of anilines is 1. The molecule has 4 aromatic rings. The topological polar surface area (TPSA) is 209 Å². The molecule has 1 fully saturated rings. The Hall–Kier alpha value is -2.74. The van der Waals surface area contributed by atoms with Crippen molar-refractivity contribution in [1.82, 2.24) is 19.5 Å². The molecule has 228 valence electrons. The monoisotopic (exact) mass is 651 g/mol. The number of aliphatic hydroxyl groups is 2. The highest BCUT2D eigenvalue weighted by atomic mass is 35.5. The van der Waals surface area contributed by atoms with Gasteiger partial charge in [0, 0.05) is 12.0 Å². The average Bonchev–Trinajstić information content (AvgIpc) is 3.57. The van der Waals surface area contributed by atoms with Crippen molar-refractivity contribution in [3.63, 3.8) is 0 Å². The number of hydrogen-bond donors (Lipinski definition) is 6. The normalized spacial score (nSPS) is 24.1. The van der Waals surface area contributed by atoms with Gasteiger partial charge in [-0.25, -0.2) is 4.98 Å². The summed E-state index contributed by atoms with van der Waals surface area (Å²) in [7, 11) is -9.56. The van der Waals surface area contributed by atoms with Crippen molar-refractivity contribution in [3.05, 3.63) is 71.3 Å². The van der Waals surface area contributed by atoms with Crippen LogP contribution in [0.3, 0.4) is 0 Å². The Morgan fingerprint density at radius 3 is 2.28 bits per heavy atom. The summed E-state index contributed by atoms with van der Waals surface area (Å²) < 4.78 is 35.0. The highest BCUT2D eigenvalue weighted by Gasteiger charge is 2.46. The molecule has 0 amide bonds. The number of nitrogens with zero attached hydrogens (tertiary/aromatic N) is 4. The lowest BCUT2D eigenvalue weighted by atomic mass is 9.80. The van der Waals surface area contributed by atoms with Gasteiger partial charge in [0.05, 0.1) is 12.9 Å². The molecule has 0 saturated carbocycles. The van der Waals surface area contributed by atoms with E-state index in [-0.39, 0.29) is 10.9 Å². The van der Waals surface area contributed by atoms with Crippen molar-refractivity contribution in [2.24, 2.45) is 0 Å². The lowest BCUT2D eigenvalue weighted by Gasteiger charge is -2.28. The van der Waals surface area contributed by atoms with E-state index >= 15 is 0 Å². The van der Waals surface area contributed by atoms with Gasteiger partial charge in [0.15, 0.2) is 29.1 Å². The first-order valence-electron chi connectivity index (χ1n) is 13.1. The van der Waals surface area contributed by atoms with Crippen LogP contribution in [-0.4, -0.2) is 81.8 Å². The minimum Gasteiger partial charge on any atom is -0.387 e. The quantitative estimate of drug-likeness (QED) is 0.114. The summed E-state index contributed by atoms with van der Waals surface area (Å²) in [5.41, 5.74) is 4.72. The Morgan fingerprint density at radius 1 is 1.02 bits per heavy atom. The van der Waals surface area contributed by atoms with Gasteiger partial charge in [0.1, 0.15) is 18.3 Å². The van der Waals surface area contributed by atoms with Gasteiger partial charge in [-0.3, -0.25) is 13.7 Å². The fraction of sp³-hybridized carbons (Fsp3) is 0.346. The first kappa shape index (κ1) is 30.3. The number of hydrogen-bond acceptors (Lipinski definition) is 10. The molecule has 17 heteroatoms. The van der Waals surface area contributed by atoms with E-state index in [1.54, 1.807) is 0 Å². The number of aromatic nitrogens is 4. The van der Waals surface area contributed by atoms with Gasteiger partial charge in [0.2, 0.25) is 5.28 Å². The Labute approximate surface area is 250 Å². The first-order valence-corrected chi connectivity index (χ1v) is 17.1. The number of fused-ring (bicyclic) bond motifs is 4. The van der Waals surface area contributed by atoms with E-state index in [0.717, 1.165) is 22.3 Å². The predicted octanol–water partition coefficient (Wildman–Crippen LogP) is 2.83. The second-order valence-corrected chi connectivity index (χ2v) is 15.1. The minimum atomic E-state index is -4.85. The maximum absolute atomic E-state index is 12.0. The third-order valence-corrected chi connectivity index (χ3v) is 11.4. The van der Waals surface area contributed by atoms with E-state index in [9.17, 15) is 24.2 Å². The van der Waals surface area contributed by atoms with Crippen LogP contribution in [-0.2, 0) is 23.8 Å². The molecule has 0 spiro atoms. The molecule has 2 aromatic carbocycles. The summed E-state index contributed by atoms with van der Waals surface area (Å²) in [5.74, 6) is -1.06. The van der Waals surface area contributed by atoms with Crippen LogP contribution < -0.4 is 5.32 Å². The predicted molar refractivity (Wildman–Crippen MR) is 156 cm³/mol. The summed E-state index contributed by atoms with van der Waals surface area (Å²) in [4.78, 5) is 40.8. The molecule has 1 saturated heterocycles. The van der Waals surface area contributed by atoms with Gasteiger partial charge >= 0.3 is 15.2 Å². The minimum absolute atomic E-state index is 0.110. The van der Waals surface area contributed by atoms with Crippen molar-refractivity contribution in [3.8, 4) is 11.1 Å². The van der Waals surface area contributed by atoms with Crippen LogP contribution in [0.4, 0.5) is 5.82 Å². The van der Waals surface area contributed by atoms with Crippen LogP contribution in [0.25, 0.3) is 22.3 Å². The largest absolute Gasteiger partial charge is 0.387 e. The molecule has 1 aliphatic heterocycles. The fourth-order valence-electron chi connectivity index (χ4n) is 5.75. The Kier molecular flexibility index (Phi) is 7.75. The van der Waals surface area contributed by atoms with Crippen molar-refractivity contribution < 1.29 is 43.3 Å². The lowest BCUT2D eigenvalue weighted by Crippen LogP contribution is -2.33. The molecule has 6 rings (SSSR count). The number of aliphatic hydroxyl groups excluding tert-OH is 2. The van der Waals surface area contributed by atoms with E-state index in [1.807, 2.05) is 24.3 Å². The third kappa shape index (κ3) is 5.65. The van der Waals surface area contributed by atoms with Crippen LogP contribution >= 0.6 is 26.8 Å². The number of benzene rings is 2. The second-order valence-electron chi connectivity index (χ2n) is 10.7. The Bertz CT molecular complexity index is 1750. The molecule has 0 radical (unpaired) electrons. The maximum atomic E-state index is 12.0. The number of imidazole rings is 1. The van der Waals surface area contributed by atoms with Crippen LogP contribution in [0.1, 0.15) is 24.3 Å². The third-order valence-electron chi connectivity index (χ3n) is 7.75. The molecule has 1 aliphatic carbocycles. The van der Waals surface area contributed by atoms with E-state index in [4.69, 9.17) is 30.6 Å². The summed E-state index contributed by atoms with van der Waals surface area (Å²) >= 11 is 6.30. The Morgan fingerprint density at radius 2 is 1.65 bits per heavy atom. The Balaban J connectivity index is 1.25. The molecular formula is C26H28ClN5O9P2. The molecule has 0 bridgehead atoms. The molecule has 2 unspecified atom stereocenters. The van der Waals surface area contributed by atoms with Crippen molar-refractivity contribution in [1.29, 1.82) is 0 Å². The summed E-state index contributed by atoms with van der Waals surface area (Å²) in [6, 6.07) is 16.4. The summed E-state index contributed by atoms with van der Waals surface area (Å²) in [6.07, 6.45) is -4.35. The highest BCUT2D eigenvalue weighted by Crippen LogP contribution is 2.55. The van der Waals surface area contributed by atoms with Gasteiger partial charge in [-0.05, 0) is 40.8 Å². The fourth-order valence-corrected chi connectivity index (χ4v) is 8.49. The number of ether oxygens (including phenoxy) is 1. The van der Waals surface area contributed by atoms with E-state index in [2.05, 4.69) is 51.5 Å². The molecule has 43 heavy (non-hydrogen) atoms. The lowest BCUT2D eigenvalue weighted by molar-refractivity contribution is -0.0483.